The van der Waals surface area contributed by atoms with Gasteiger partial charge in [-0.25, -0.2) is 4.98 Å². The Kier molecular flexibility index (Phi) is 3.55. The number of anilines is 2. The molecule has 4 aromatic rings. The molecule has 24 heavy (non-hydrogen) atoms. The van der Waals surface area contributed by atoms with Crippen LogP contribution in [0.1, 0.15) is 5.56 Å². The van der Waals surface area contributed by atoms with Crippen molar-refractivity contribution in [2.75, 3.05) is 11.1 Å². The largest absolute Gasteiger partial charge is 0.395 e. The van der Waals surface area contributed by atoms with Crippen LogP contribution in [-0.4, -0.2) is 19.6 Å². The molecule has 6 heteroatoms. The molecule has 0 spiro atoms. The summed E-state index contributed by atoms with van der Waals surface area (Å²) in [5.74, 6) is 0.645. The summed E-state index contributed by atoms with van der Waals surface area (Å²) in [5.41, 5.74) is 10.5. The van der Waals surface area contributed by atoms with Gasteiger partial charge in [0.05, 0.1) is 23.1 Å². The van der Waals surface area contributed by atoms with E-state index in [1.807, 2.05) is 54.7 Å². The van der Waals surface area contributed by atoms with Crippen molar-refractivity contribution >= 4 is 17.2 Å². The number of rotatable bonds is 4. The van der Waals surface area contributed by atoms with Gasteiger partial charge < -0.3 is 11.1 Å². The summed E-state index contributed by atoms with van der Waals surface area (Å²) < 4.78 is 1.72. The molecule has 0 atom stereocenters. The molecule has 0 aliphatic carbocycles. The molecule has 0 fully saturated rings. The predicted molar refractivity (Wildman–Crippen MR) is 94.4 cm³/mol. The molecule has 0 saturated carbocycles. The van der Waals surface area contributed by atoms with E-state index in [4.69, 9.17) is 10.7 Å². The highest BCUT2D eigenvalue weighted by Gasteiger charge is 2.13. The van der Waals surface area contributed by atoms with Gasteiger partial charge in [-0.3, -0.25) is 4.98 Å². The number of benzene rings is 1. The van der Waals surface area contributed by atoms with Gasteiger partial charge in [0.1, 0.15) is 0 Å². The number of fused-ring (bicyclic) bond motifs is 1. The first kappa shape index (κ1) is 14.2. The maximum atomic E-state index is 6.31. The number of nitrogens with two attached hydrogens (primary N) is 1. The molecule has 4 rings (SSSR count). The fraction of sp³-hybridized carbons (Fsp3) is 0.0556. The minimum Gasteiger partial charge on any atom is -0.395 e. The summed E-state index contributed by atoms with van der Waals surface area (Å²) in [6.07, 6.45) is 5.30. The van der Waals surface area contributed by atoms with Crippen LogP contribution in [0, 0.1) is 0 Å². The number of nitrogen functional groups attached to an aromatic ring is 1. The molecule has 3 heterocycles. The Morgan fingerprint density at radius 1 is 1.00 bits per heavy atom. The van der Waals surface area contributed by atoms with Crippen LogP contribution in [0.25, 0.3) is 16.8 Å². The Morgan fingerprint density at radius 3 is 2.67 bits per heavy atom. The van der Waals surface area contributed by atoms with Gasteiger partial charge in [-0.05, 0) is 17.7 Å². The van der Waals surface area contributed by atoms with Crippen LogP contribution in [0.4, 0.5) is 11.6 Å². The zero-order valence-corrected chi connectivity index (χ0v) is 12.9. The molecule has 1 aromatic carbocycles. The van der Waals surface area contributed by atoms with Gasteiger partial charge in [0, 0.05) is 24.5 Å². The second-order valence-electron chi connectivity index (χ2n) is 5.41. The van der Waals surface area contributed by atoms with Gasteiger partial charge in [-0.15, -0.1) is 0 Å². The van der Waals surface area contributed by atoms with Crippen LogP contribution in [0.15, 0.2) is 67.1 Å². The summed E-state index contributed by atoms with van der Waals surface area (Å²) in [4.78, 5) is 8.83. The summed E-state index contributed by atoms with van der Waals surface area (Å²) >= 11 is 0. The minimum absolute atomic E-state index is 0.605. The lowest BCUT2D eigenvalue weighted by Crippen LogP contribution is -2.10. The summed E-state index contributed by atoms with van der Waals surface area (Å²) in [6, 6.07) is 15.7. The molecule has 0 bridgehead atoms. The third-order valence-electron chi connectivity index (χ3n) is 3.81. The third kappa shape index (κ3) is 2.54. The van der Waals surface area contributed by atoms with Crippen LogP contribution in [0.5, 0.6) is 0 Å². The van der Waals surface area contributed by atoms with Gasteiger partial charge >= 0.3 is 0 Å². The van der Waals surface area contributed by atoms with Crippen molar-refractivity contribution < 1.29 is 0 Å². The van der Waals surface area contributed by atoms with Crippen molar-refractivity contribution in [2.45, 2.75) is 6.54 Å². The lowest BCUT2D eigenvalue weighted by atomic mass is 10.1. The molecule has 6 nitrogen and oxygen atoms in total. The molecule has 0 amide bonds. The molecule has 0 aliphatic heterocycles. The molecule has 0 saturated heterocycles. The Bertz CT molecular complexity index is 963. The van der Waals surface area contributed by atoms with Crippen molar-refractivity contribution in [1.82, 2.24) is 19.6 Å². The standard InChI is InChI=1S/C18H16N6/c19-16-15-8-10-22-24(15)18(21-12-13-5-4-9-20-11-13)23-17(16)14-6-2-1-3-7-14/h1-11H,12,19H2,(H,21,23). The number of nitrogens with one attached hydrogen (secondary N) is 1. The van der Waals surface area contributed by atoms with Gasteiger partial charge in [0.25, 0.3) is 0 Å². The number of aromatic nitrogens is 4. The molecule has 118 valence electrons. The average molecular weight is 316 g/mol. The van der Waals surface area contributed by atoms with E-state index in [1.54, 1.807) is 16.9 Å². The lowest BCUT2D eigenvalue weighted by Gasteiger charge is -2.12. The topological polar surface area (TPSA) is 81.1 Å². The molecule has 0 radical (unpaired) electrons. The minimum atomic E-state index is 0.605. The molecular weight excluding hydrogens is 300 g/mol. The molecule has 0 unspecified atom stereocenters. The second-order valence-corrected chi connectivity index (χ2v) is 5.41. The van der Waals surface area contributed by atoms with E-state index in [-0.39, 0.29) is 0 Å². The van der Waals surface area contributed by atoms with Crippen LogP contribution in [0.2, 0.25) is 0 Å². The SMILES string of the molecule is Nc1c(-c2ccccc2)nc(NCc2cccnc2)n2nccc12. The molecule has 3 N–H and O–H groups in total. The summed E-state index contributed by atoms with van der Waals surface area (Å²) in [6.45, 7) is 0.605. The first-order valence-electron chi connectivity index (χ1n) is 7.64. The van der Waals surface area contributed by atoms with E-state index in [0.717, 1.165) is 22.3 Å². The van der Waals surface area contributed by atoms with E-state index in [2.05, 4.69) is 15.4 Å². The van der Waals surface area contributed by atoms with Crippen molar-refractivity contribution in [3.05, 3.63) is 72.7 Å². The van der Waals surface area contributed by atoms with E-state index >= 15 is 0 Å². The zero-order chi connectivity index (χ0) is 16.4. The highest BCUT2D eigenvalue weighted by atomic mass is 15.3. The number of pyridine rings is 1. The quantitative estimate of drug-likeness (QED) is 0.605. The van der Waals surface area contributed by atoms with E-state index in [0.29, 0.717) is 18.2 Å². The van der Waals surface area contributed by atoms with Crippen LogP contribution in [-0.2, 0) is 6.54 Å². The Balaban J connectivity index is 1.77. The Hall–Kier alpha value is -3.41. The Morgan fingerprint density at radius 2 is 1.88 bits per heavy atom. The lowest BCUT2D eigenvalue weighted by molar-refractivity contribution is 0.908. The predicted octanol–water partition coefficient (Wildman–Crippen LogP) is 2.99. The van der Waals surface area contributed by atoms with E-state index < -0.39 is 0 Å². The maximum absolute atomic E-state index is 6.31. The number of nitrogens with zero attached hydrogens (tertiary/aromatic N) is 4. The number of hydrogen-bond acceptors (Lipinski definition) is 5. The first-order valence-corrected chi connectivity index (χ1v) is 7.64. The monoisotopic (exact) mass is 316 g/mol. The van der Waals surface area contributed by atoms with Gasteiger partial charge in [0.2, 0.25) is 5.95 Å². The molecule has 3 aromatic heterocycles. The van der Waals surface area contributed by atoms with E-state index in [1.165, 1.54) is 0 Å². The average Bonchev–Trinajstić information content (AvgIpc) is 3.13. The molecular formula is C18H16N6. The second kappa shape index (κ2) is 6.00. The van der Waals surface area contributed by atoms with Gasteiger partial charge in [-0.1, -0.05) is 36.4 Å². The first-order chi connectivity index (χ1) is 11.8. The fourth-order valence-electron chi connectivity index (χ4n) is 2.63. The van der Waals surface area contributed by atoms with Crippen LogP contribution in [0.3, 0.4) is 0 Å². The maximum Gasteiger partial charge on any atom is 0.225 e. The van der Waals surface area contributed by atoms with Crippen molar-refractivity contribution in [3.8, 4) is 11.3 Å². The highest BCUT2D eigenvalue weighted by Crippen LogP contribution is 2.29. The smallest absolute Gasteiger partial charge is 0.225 e. The fourth-order valence-corrected chi connectivity index (χ4v) is 2.63. The number of hydrogen-bond donors (Lipinski definition) is 2. The van der Waals surface area contributed by atoms with Crippen molar-refractivity contribution in [2.24, 2.45) is 0 Å². The van der Waals surface area contributed by atoms with Crippen LogP contribution >= 0.6 is 0 Å². The van der Waals surface area contributed by atoms with E-state index in [9.17, 15) is 0 Å². The zero-order valence-electron chi connectivity index (χ0n) is 12.9. The Labute approximate surface area is 139 Å². The third-order valence-corrected chi connectivity index (χ3v) is 3.81. The van der Waals surface area contributed by atoms with Crippen LogP contribution < -0.4 is 11.1 Å². The molecule has 0 aliphatic rings. The summed E-state index contributed by atoms with van der Waals surface area (Å²) in [7, 11) is 0. The van der Waals surface area contributed by atoms with Crippen molar-refractivity contribution in [3.63, 3.8) is 0 Å². The normalized spacial score (nSPS) is 10.8. The van der Waals surface area contributed by atoms with Gasteiger partial charge in [0.15, 0.2) is 0 Å². The van der Waals surface area contributed by atoms with Crippen molar-refractivity contribution in [1.29, 1.82) is 0 Å². The highest BCUT2D eigenvalue weighted by molar-refractivity contribution is 5.85. The van der Waals surface area contributed by atoms with Gasteiger partial charge in [-0.2, -0.15) is 9.61 Å². The summed E-state index contributed by atoms with van der Waals surface area (Å²) in [5, 5.41) is 7.64.